The first kappa shape index (κ1) is 10.3. The third-order valence-corrected chi connectivity index (χ3v) is 2.97. The number of ether oxygens (including phenoxy) is 1. The third-order valence-electron chi connectivity index (χ3n) is 2.97. The normalized spacial score (nSPS) is 13.5. The van der Waals surface area contributed by atoms with Crippen LogP contribution < -0.4 is 0 Å². The fourth-order valence-corrected chi connectivity index (χ4v) is 1.98. The van der Waals surface area contributed by atoms with E-state index in [0.717, 1.165) is 34.3 Å². The molecule has 3 rings (SSSR count). The summed E-state index contributed by atoms with van der Waals surface area (Å²) in [5.74, 6) is 0.935. The molecule has 0 saturated carbocycles. The van der Waals surface area contributed by atoms with E-state index in [9.17, 15) is 0 Å². The number of fused-ring (bicyclic) bond motifs is 3. The summed E-state index contributed by atoms with van der Waals surface area (Å²) in [5.41, 5.74) is 2.82. The molecule has 3 aromatic heterocycles. The standard InChI is InChI=1S/C12H14N4O/c1-7(17-2)5-10-15-9-6-14-12-8(3-4-13-12)11(9)16-10/h3-4,6-7H,5H2,1-2H3,(H,13,14)(H,15,16). The van der Waals surface area contributed by atoms with Gasteiger partial charge in [-0.15, -0.1) is 0 Å². The number of hydrogen-bond donors (Lipinski definition) is 2. The van der Waals surface area contributed by atoms with E-state index in [1.165, 1.54) is 0 Å². The van der Waals surface area contributed by atoms with Gasteiger partial charge in [-0.05, 0) is 13.0 Å². The van der Waals surface area contributed by atoms with E-state index in [1.807, 2.05) is 19.2 Å². The molecule has 5 nitrogen and oxygen atoms in total. The minimum absolute atomic E-state index is 0.158. The van der Waals surface area contributed by atoms with Gasteiger partial charge in [-0.25, -0.2) is 9.97 Å². The highest BCUT2D eigenvalue weighted by Gasteiger charge is 2.10. The highest BCUT2D eigenvalue weighted by Crippen LogP contribution is 2.21. The fourth-order valence-electron chi connectivity index (χ4n) is 1.98. The van der Waals surface area contributed by atoms with Gasteiger partial charge in [0.05, 0.1) is 17.8 Å². The van der Waals surface area contributed by atoms with E-state index in [2.05, 4.69) is 19.9 Å². The van der Waals surface area contributed by atoms with Crippen LogP contribution >= 0.6 is 0 Å². The average molecular weight is 230 g/mol. The second-order valence-corrected chi connectivity index (χ2v) is 4.19. The first-order valence-electron chi connectivity index (χ1n) is 5.61. The predicted molar refractivity (Wildman–Crippen MR) is 65.9 cm³/mol. The lowest BCUT2D eigenvalue weighted by Gasteiger charge is -2.05. The molecule has 3 aromatic rings. The van der Waals surface area contributed by atoms with E-state index >= 15 is 0 Å². The van der Waals surface area contributed by atoms with Gasteiger partial charge in [-0.3, -0.25) is 0 Å². The molecular weight excluding hydrogens is 216 g/mol. The highest BCUT2D eigenvalue weighted by molar-refractivity contribution is 6.00. The summed E-state index contributed by atoms with van der Waals surface area (Å²) in [4.78, 5) is 15.3. The van der Waals surface area contributed by atoms with E-state index in [-0.39, 0.29) is 6.10 Å². The number of rotatable bonds is 3. The molecule has 2 N–H and O–H groups in total. The van der Waals surface area contributed by atoms with Gasteiger partial charge < -0.3 is 14.7 Å². The minimum Gasteiger partial charge on any atom is -0.381 e. The van der Waals surface area contributed by atoms with Crippen LogP contribution in [0.25, 0.3) is 22.1 Å². The number of pyridine rings is 1. The largest absolute Gasteiger partial charge is 0.381 e. The quantitative estimate of drug-likeness (QED) is 0.723. The van der Waals surface area contributed by atoms with Crippen LogP contribution in [0.1, 0.15) is 12.7 Å². The van der Waals surface area contributed by atoms with Gasteiger partial charge in [0, 0.05) is 25.1 Å². The topological polar surface area (TPSA) is 66.6 Å². The summed E-state index contributed by atoms with van der Waals surface area (Å²) >= 11 is 0. The van der Waals surface area contributed by atoms with Gasteiger partial charge in [0.1, 0.15) is 17.0 Å². The van der Waals surface area contributed by atoms with Crippen LogP contribution in [0.3, 0.4) is 0 Å². The van der Waals surface area contributed by atoms with Gasteiger partial charge >= 0.3 is 0 Å². The monoisotopic (exact) mass is 230 g/mol. The zero-order valence-electron chi connectivity index (χ0n) is 9.82. The van der Waals surface area contributed by atoms with Crippen molar-refractivity contribution in [3.63, 3.8) is 0 Å². The SMILES string of the molecule is COC(C)Cc1nc2cnc3[nH]ccc3c2[nH]1. The van der Waals surface area contributed by atoms with E-state index < -0.39 is 0 Å². The zero-order chi connectivity index (χ0) is 11.8. The number of aromatic nitrogens is 4. The Bertz CT molecular complexity index is 655. The Hall–Kier alpha value is -1.88. The number of aromatic amines is 2. The number of imidazole rings is 1. The molecule has 88 valence electrons. The van der Waals surface area contributed by atoms with Gasteiger partial charge in [-0.2, -0.15) is 0 Å². The van der Waals surface area contributed by atoms with Gasteiger partial charge in [-0.1, -0.05) is 0 Å². The minimum atomic E-state index is 0.158. The number of H-pyrrole nitrogens is 2. The Kier molecular flexibility index (Phi) is 2.33. The second kappa shape index (κ2) is 3.85. The number of methoxy groups -OCH3 is 1. The molecule has 17 heavy (non-hydrogen) atoms. The number of nitrogens with one attached hydrogen (secondary N) is 2. The van der Waals surface area contributed by atoms with Crippen LogP contribution in [-0.2, 0) is 11.2 Å². The first-order chi connectivity index (χ1) is 8.28. The smallest absolute Gasteiger partial charge is 0.139 e. The molecule has 3 heterocycles. The summed E-state index contributed by atoms with van der Waals surface area (Å²) in [5, 5.41) is 1.08. The third kappa shape index (κ3) is 1.68. The lowest BCUT2D eigenvalue weighted by atomic mass is 10.3. The predicted octanol–water partition coefficient (Wildman–Crippen LogP) is 2.02. The molecule has 0 saturated heterocycles. The molecule has 5 heteroatoms. The van der Waals surface area contributed by atoms with Gasteiger partial charge in [0.25, 0.3) is 0 Å². The highest BCUT2D eigenvalue weighted by atomic mass is 16.5. The average Bonchev–Trinajstić information content (AvgIpc) is 2.92. The van der Waals surface area contributed by atoms with Crippen molar-refractivity contribution in [3.05, 3.63) is 24.3 Å². The van der Waals surface area contributed by atoms with Crippen molar-refractivity contribution < 1.29 is 4.74 Å². The number of nitrogens with zero attached hydrogens (tertiary/aromatic N) is 2. The zero-order valence-corrected chi connectivity index (χ0v) is 9.82. The van der Waals surface area contributed by atoms with Crippen molar-refractivity contribution in [3.8, 4) is 0 Å². The second-order valence-electron chi connectivity index (χ2n) is 4.19. The maximum absolute atomic E-state index is 5.24. The molecule has 0 spiro atoms. The first-order valence-corrected chi connectivity index (χ1v) is 5.61. The maximum atomic E-state index is 5.24. The fraction of sp³-hybridized carbons (Fsp3) is 0.333. The lowest BCUT2D eigenvalue weighted by Crippen LogP contribution is -2.09. The molecular formula is C12H14N4O. The Morgan fingerprint density at radius 1 is 1.47 bits per heavy atom. The molecule has 0 aliphatic heterocycles. The van der Waals surface area contributed by atoms with Crippen LogP contribution in [-0.4, -0.2) is 33.1 Å². The Morgan fingerprint density at radius 3 is 3.18 bits per heavy atom. The van der Waals surface area contributed by atoms with E-state index in [1.54, 1.807) is 13.3 Å². The van der Waals surface area contributed by atoms with Crippen molar-refractivity contribution in [1.29, 1.82) is 0 Å². The van der Waals surface area contributed by atoms with Crippen LogP contribution in [0.2, 0.25) is 0 Å². The van der Waals surface area contributed by atoms with Crippen LogP contribution in [0.15, 0.2) is 18.5 Å². The maximum Gasteiger partial charge on any atom is 0.139 e. The molecule has 0 aliphatic carbocycles. The van der Waals surface area contributed by atoms with Crippen LogP contribution in [0.4, 0.5) is 0 Å². The summed E-state index contributed by atoms with van der Waals surface area (Å²) in [6, 6.07) is 2.01. The number of hydrogen-bond acceptors (Lipinski definition) is 3. The molecule has 0 amide bonds. The molecule has 0 aliphatic rings. The van der Waals surface area contributed by atoms with Crippen LogP contribution in [0, 0.1) is 0 Å². The van der Waals surface area contributed by atoms with E-state index in [4.69, 9.17) is 4.74 Å². The van der Waals surface area contributed by atoms with Crippen molar-refractivity contribution in [2.45, 2.75) is 19.4 Å². The Balaban J connectivity index is 2.11. The summed E-state index contributed by atoms with van der Waals surface area (Å²) in [6.45, 7) is 2.03. The molecule has 0 fully saturated rings. The van der Waals surface area contributed by atoms with Crippen molar-refractivity contribution in [2.75, 3.05) is 7.11 Å². The van der Waals surface area contributed by atoms with Gasteiger partial charge in [0.15, 0.2) is 0 Å². The van der Waals surface area contributed by atoms with Crippen LogP contribution in [0.5, 0.6) is 0 Å². The summed E-state index contributed by atoms with van der Waals surface area (Å²) in [7, 11) is 1.71. The Labute approximate surface area is 98.2 Å². The summed E-state index contributed by atoms with van der Waals surface area (Å²) in [6.07, 6.45) is 4.60. The lowest BCUT2D eigenvalue weighted by molar-refractivity contribution is 0.117. The molecule has 0 aromatic carbocycles. The van der Waals surface area contributed by atoms with Crippen molar-refractivity contribution >= 4 is 22.1 Å². The van der Waals surface area contributed by atoms with Crippen molar-refractivity contribution in [1.82, 2.24) is 19.9 Å². The Morgan fingerprint density at radius 2 is 2.35 bits per heavy atom. The van der Waals surface area contributed by atoms with Crippen molar-refractivity contribution in [2.24, 2.45) is 0 Å². The molecule has 1 atom stereocenters. The van der Waals surface area contributed by atoms with E-state index in [0.29, 0.717) is 0 Å². The van der Waals surface area contributed by atoms with Gasteiger partial charge in [0.2, 0.25) is 0 Å². The summed E-state index contributed by atoms with van der Waals surface area (Å²) < 4.78 is 5.24. The molecule has 1 unspecified atom stereocenters. The molecule has 0 bridgehead atoms. The molecule has 0 radical (unpaired) electrons.